The van der Waals surface area contributed by atoms with Crippen LogP contribution >= 0.6 is 0 Å². The molecule has 1 aliphatic carbocycles. The maximum absolute atomic E-state index is 6.03. The molecule has 1 aliphatic rings. The molecule has 138 valence electrons. The summed E-state index contributed by atoms with van der Waals surface area (Å²) in [5.41, 5.74) is 7.84. The molecule has 26 heavy (non-hydrogen) atoms. The molecular formula is C20H25N3O3. The van der Waals surface area contributed by atoms with E-state index in [9.17, 15) is 0 Å². The predicted octanol–water partition coefficient (Wildman–Crippen LogP) is 3.56. The molecule has 2 aromatic rings. The second kappa shape index (κ2) is 8.47. The van der Waals surface area contributed by atoms with Gasteiger partial charge in [0.05, 0.1) is 26.9 Å². The van der Waals surface area contributed by atoms with Gasteiger partial charge in [-0.15, -0.1) is 0 Å². The Morgan fingerprint density at radius 3 is 2.54 bits per heavy atom. The Morgan fingerprint density at radius 1 is 1.08 bits per heavy atom. The highest BCUT2D eigenvalue weighted by molar-refractivity contribution is 5.92. The number of para-hydroxylation sites is 1. The Bertz CT molecular complexity index is 773. The van der Waals surface area contributed by atoms with Crippen LogP contribution in [0.25, 0.3) is 0 Å². The number of methoxy groups -OCH3 is 2. The van der Waals surface area contributed by atoms with E-state index in [2.05, 4.69) is 10.3 Å². The second-order valence-corrected chi connectivity index (χ2v) is 6.17. The van der Waals surface area contributed by atoms with Crippen LogP contribution in [0, 0.1) is 0 Å². The number of anilines is 1. The van der Waals surface area contributed by atoms with Gasteiger partial charge in [-0.25, -0.2) is 4.99 Å². The third kappa shape index (κ3) is 4.39. The van der Waals surface area contributed by atoms with Gasteiger partial charge in [0.15, 0.2) is 17.5 Å². The summed E-state index contributed by atoms with van der Waals surface area (Å²) >= 11 is 0. The van der Waals surface area contributed by atoms with Crippen molar-refractivity contribution in [3.05, 3.63) is 48.0 Å². The van der Waals surface area contributed by atoms with Crippen molar-refractivity contribution < 1.29 is 14.2 Å². The second-order valence-electron chi connectivity index (χ2n) is 6.17. The molecular weight excluding hydrogens is 330 g/mol. The van der Waals surface area contributed by atoms with E-state index in [-0.39, 0.29) is 0 Å². The maximum Gasteiger partial charge on any atom is 0.193 e. The molecule has 2 aromatic carbocycles. The minimum absolute atomic E-state index is 0.329. The molecule has 0 heterocycles. The number of nitrogens with zero attached hydrogens (tertiary/aromatic N) is 1. The topological polar surface area (TPSA) is 78.1 Å². The lowest BCUT2D eigenvalue weighted by Gasteiger charge is -2.27. The third-order valence-electron chi connectivity index (χ3n) is 4.39. The SMILES string of the molecule is COc1ccc(NC(N)=NCc2ccccc2OC2CCC2)cc1OC. The molecule has 3 rings (SSSR count). The van der Waals surface area contributed by atoms with Crippen LogP contribution in [0.5, 0.6) is 17.2 Å². The van der Waals surface area contributed by atoms with E-state index in [1.165, 1.54) is 6.42 Å². The average molecular weight is 355 g/mol. The molecule has 0 bridgehead atoms. The highest BCUT2D eigenvalue weighted by Gasteiger charge is 2.20. The molecule has 0 aliphatic heterocycles. The van der Waals surface area contributed by atoms with E-state index in [1.807, 2.05) is 42.5 Å². The van der Waals surface area contributed by atoms with Crippen molar-refractivity contribution in [2.45, 2.75) is 31.9 Å². The number of nitrogens with two attached hydrogens (primary N) is 1. The lowest BCUT2D eigenvalue weighted by Crippen LogP contribution is -2.25. The zero-order chi connectivity index (χ0) is 18.4. The minimum Gasteiger partial charge on any atom is -0.493 e. The number of hydrogen-bond acceptors (Lipinski definition) is 4. The van der Waals surface area contributed by atoms with Crippen molar-refractivity contribution in [2.75, 3.05) is 19.5 Å². The summed E-state index contributed by atoms with van der Waals surface area (Å²) < 4.78 is 16.6. The van der Waals surface area contributed by atoms with Crippen molar-refractivity contribution in [2.24, 2.45) is 10.7 Å². The van der Waals surface area contributed by atoms with Crippen LogP contribution in [-0.2, 0) is 6.54 Å². The van der Waals surface area contributed by atoms with Crippen LogP contribution in [-0.4, -0.2) is 26.3 Å². The highest BCUT2D eigenvalue weighted by Crippen LogP contribution is 2.30. The van der Waals surface area contributed by atoms with Gasteiger partial charge in [-0.2, -0.15) is 0 Å². The van der Waals surface area contributed by atoms with Crippen LogP contribution < -0.4 is 25.3 Å². The molecule has 0 aromatic heterocycles. The van der Waals surface area contributed by atoms with Crippen molar-refractivity contribution in [1.82, 2.24) is 0 Å². The van der Waals surface area contributed by atoms with Gasteiger partial charge < -0.3 is 25.3 Å². The normalized spacial score (nSPS) is 14.5. The Morgan fingerprint density at radius 2 is 1.85 bits per heavy atom. The van der Waals surface area contributed by atoms with Gasteiger partial charge in [0.1, 0.15) is 5.75 Å². The van der Waals surface area contributed by atoms with Crippen LogP contribution in [0.1, 0.15) is 24.8 Å². The van der Waals surface area contributed by atoms with E-state index >= 15 is 0 Å². The van der Waals surface area contributed by atoms with Crippen molar-refractivity contribution in [3.63, 3.8) is 0 Å². The van der Waals surface area contributed by atoms with Crippen LogP contribution in [0.4, 0.5) is 5.69 Å². The highest BCUT2D eigenvalue weighted by atomic mass is 16.5. The molecule has 0 unspecified atom stereocenters. The molecule has 0 atom stereocenters. The first kappa shape index (κ1) is 17.9. The molecule has 6 nitrogen and oxygen atoms in total. The summed E-state index contributed by atoms with van der Waals surface area (Å²) in [5, 5.41) is 3.07. The maximum atomic E-state index is 6.03. The summed E-state index contributed by atoms with van der Waals surface area (Å²) in [6.45, 7) is 0.453. The molecule has 0 spiro atoms. The molecule has 0 amide bonds. The van der Waals surface area contributed by atoms with Crippen LogP contribution in [0.3, 0.4) is 0 Å². The van der Waals surface area contributed by atoms with Gasteiger partial charge in [0.2, 0.25) is 0 Å². The smallest absolute Gasteiger partial charge is 0.193 e. The van der Waals surface area contributed by atoms with Crippen LogP contribution in [0.2, 0.25) is 0 Å². The predicted molar refractivity (Wildman–Crippen MR) is 103 cm³/mol. The molecule has 3 N–H and O–H groups in total. The fraction of sp³-hybridized carbons (Fsp3) is 0.350. The molecule has 1 fully saturated rings. The summed E-state index contributed by atoms with van der Waals surface area (Å²) in [5.74, 6) is 2.51. The number of rotatable bonds is 7. The fourth-order valence-electron chi connectivity index (χ4n) is 2.69. The Labute approximate surface area is 154 Å². The Balaban J connectivity index is 1.65. The first-order chi connectivity index (χ1) is 12.7. The zero-order valence-corrected chi connectivity index (χ0v) is 15.2. The minimum atomic E-state index is 0.329. The van der Waals surface area contributed by atoms with Crippen molar-refractivity contribution in [3.8, 4) is 17.2 Å². The van der Waals surface area contributed by atoms with Gasteiger partial charge >= 0.3 is 0 Å². The van der Waals surface area contributed by atoms with E-state index in [1.54, 1.807) is 14.2 Å². The van der Waals surface area contributed by atoms with Gasteiger partial charge in [-0.3, -0.25) is 0 Å². The number of hydrogen-bond donors (Lipinski definition) is 2. The lowest BCUT2D eigenvalue weighted by molar-refractivity contribution is 0.119. The summed E-state index contributed by atoms with van der Waals surface area (Å²) in [6, 6.07) is 13.5. The molecule has 0 saturated heterocycles. The number of ether oxygens (including phenoxy) is 3. The zero-order valence-electron chi connectivity index (χ0n) is 15.2. The van der Waals surface area contributed by atoms with Crippen LogP contribution in [0.15, 0.2) is 47.5 Å². The molecule has 1 saturated carbocycles. The standard InChI is InChI=1S/C20H25N3O3/c1-24-18-11-10-15(12-19(18)25-2)23-20(21)22-13-14-6-3-4-9-17(14)26-16-7-5-8-16/h3-4,6,9-12,16H,5,7-8,13H2,1-2H3,(H3,21,22,23). The van der Waals surface area contributed by atoms with E-state index in [0.29, 0.717) is 30.1 Å². The van der Waals surface area contributed by atoms with E-state index in [4.69, 9.17) is 19.9 Å². The largest absolute Gasteiger partial charge is 0.493 e. The van der Waals surface area contributed by atoms with Crippen molar-refractivity contribution >= 4 is 11.6 Å². The third-order valence-corrected chi connectivity index (χ3v) is 4.39. The summed E-state index contributed by atoms with van der Waals surface area (Å²) in [7, 11) is 3.20. The summed E-state index contributed by atoms with van der Waals surface area (Å²) in [6.07, 6.45) is 3.83. The van der Waals surface area contributed by atoms with E-state index in [0.717, 1.165) is 29.8 Å². The van der Waals surface area contributed by atoms with Gasteiger partial charge in [0.25, 0.3) is 0 Å². The number of aliphatic imine (C=N–C) groups is 1. The fourth-order valence-corrected chi connectivity index (χ4v) is 2.69. The van der Waals surface area contributed by atoms with Crippen molar-refractivity contribution in [1.29, 1.82) is 0 Å². The molecule has 0 radical (unpaired) electrons. The van der Waals surface area contributed by atoms with Gasteiger partial charge in [-0.05, 0) is 37.5 Å². The number of benzene rings is 2. The van der Waals surface area contributed by atoms with Gasteiger partial charge in [0, 0.05) is 17.3 Å². The number of nitrogens with one attached hydrogen (secondary N) is 1. The monoisotopic (exact) mass is 355 g/mol. The Hall–Kier alpha value is -2.89. The van der Waals surface area contributed by atoms with E-state index < -0.39 is 0 Å². The van der Waals surface area contributed by atoms with Gasteiger partial charge in [-0.1, -0.05) is 18.2 Å². The summed E-state index contributed by atoms with van der Waals surface area (Å²) in [4.78, 5) is 4.43. The average Bonchev–Trinajstić information content (AvgIpc) is 2.63. The Kier molecular flexibility index (Phi) is 5.84. The first-order valence-electron chi connectivity index (χ1n) is 8.73. The quantitative estimate of drug-likeness (QED) is 0.586. The molecule has 6 heteroatoms. The number of guanidine groups is 1. The lowest BCUT2D eigenvalue weighted by atomic mass is 9.96. The first-order valence-corrected chi connectivity index (χ1v) is 8.73.